The number of ketones is 1. The van der Waals surface area contributed by atoms with Crippen LogP contribution in [0.15, 0.2) is 59.3 Å². The number of hydrogen-bond donors (Lipinski definition) is 1. The Balaban J connectivity index is 1.78. The zero-order valence-electron chi connectivity index (χ0n) is 18.4. The van der Waals surface area contributed by atoms with Gasteiger partial charge in [-0.1, -0.05) is 68.9 Å². The summed E-state index contributed by atoms with van der Waals surface area (Å²) in [6, 6.07) is 14.3. The zero-order chi connectivity index (χ0) is 23.6. The van der Waals surface area contributed by atoms with Gasteiger partial charge in [0.05, 0.1) is 12.3 Å². The largest absolute Gasteiger partial charge is 0.477 e. The molecule has 1 saturated heterocycles. The summed E-state index contributed by atoms with van der Waals surface area (Å²) in [6.07, 6.45) is 1.02. The summed E-state index contributed by atoms with van der Waals surface area (Å²) in [5, 5.41) is 4.22. The number of benzene rings is 1. The smallest absolute Gasteiger partial charge is 0.248 e. The second kappa shape index (κ2) is 9.87. The molecule has 5 nitrogen and oxygen atoms in total. The summed E-state index contributed by atoms with van der Waals surface area (Å²) in [5.41, 5.74) is 0.668. The Kier molecular flexibility index (Phi) is 7.12. The number of halogens is 1. The molecule has 172 valence electrons. The van der Waals surface area contributed by atoms with E-state index in [4.69, 9.17) is 21.3 Å². The van der Waals surface area contributed by atoms with Crippen molar-refractivity contribution >= 4 is 47.4 Å². The number of pyridine rings is 1. The lowest BCUT2D eigenvalue weighted by atomic mass is 9.75. The van der Waals surface area contributed by atoms with Crippen LogP contribution in [0.5, 0.6) is 5.88 Å². The van der Waals surface area contributed by atoms with Crippen LogP contribution in [-0.4, -0.2) is 27.6 Å². The van der Waals surface area contributed by atoms with Gasteiger partial charge in [-0.2, -0.15) is 11.3 Å². The molecule has 0 spiro atoms. The molecule has 4 rings (SSSR count). The van der Waals surface area contributed by atoms with E-state index in [1.807, 2.05) is 29.0 Å². The third-order valence-corrected chi connectivity index (χ3v) is 7.71. The van der Waals surface area contributed by atoms with Crippen LogP contribution >= 0.6 is 35.8 Å². The molecule has 1 aromatic carbocycles. The molecule has 1 amide bonds. The number of carbonyl (C=O) groups excluding carboxylic acids is 2. The number of thiophene rings is 1. The van der Waals surface area contributed by atoms with Crippen LogP contribution in [0, 0.1) is 5.92 Å². The Morgan fingerprint density at radius 1 is 1.24 bits per heavy atom. The number of thiol groups is 1. The molecule has 2 aromatic heterocycles. The fourth-order valence-corrected chi connectivity index (χ4v) is 5.41. The lowest BCUT2D eigenvalue weighted by molar-refractivity contribution is -0.142. The highest BCUT2D eigenvalue weighted by Crippen LogP contribution is 2.48. The van der Waals surface area contributed by atoms with Crippen LogP contribution < -0.4 is 4.74 Å². The predicted molar refractivity (Wildman–Crippen MR) is 134 cm³/mol. The van der Waals surface area contributed by atoms with Crippen LogP contribution in [0.2, 0.25) is 5.02 Å². The van der Waals surface area contributed by atoms with E-state index in [1.165, 1.54) is 15.6 Å². The lowest BCUT2D eigenvalue weighted by Gasteiger charge is -2.45. The maximum absolute atomic E-state index is 13.6. The number of hydrogen-bond acceptors (Lipinski definition) is 6. The third-order valence-electron chi connectivity index (χ3n) is 6.14. The Hall–Kier alpha value is -2.35. The van der Waals surface area contributed by atoms with Crippen molar-refractivity contribution in [2.45, 2.75) is 38.1 Å². The second-order valence-corrected chi connectivity index (χ2v) is 9.89. The number of amides is 1. The molecule has 0 N–H and O–H groups in total. The topological polar surface area (TPSA) is 59.5 Å². The van der Waals surface area contributed by atoms with E-state index < -0.39 is 17.4 Å². The van der Waals surface area contributed by atoms with Crippen LogP contribution in [0.25, 0.3) is 0 Å². The Morgan fingerprint density at radius 2 is 2.03 bits per heavy atom. The molecule has 3 atom stereocenters. The molecule has 3 unspecified atom stereocenters. The first-order valence-corrected chi connectivity index (χ1v) is 12.5. The van der Waals surface area contributed by atoms with Gasteiger partial charge in [0.1, 0.15) is 11.5 Å². The van der Waals surface area contributed by atoms with Crippen molar-refractivity contribution in [1.82, 2.24) is 9.29 Å². The van der Waals surface area contributed by atoms with E-state index in [0.717, 1.165) is 12.0 Å². The van der Waals surface area contributed by atoms with Gasteiger partial charge >= 0.3 is 0 Å². The molecule has 3 aromatic rings. The van der Waals surface area contributed by atoms with Crippen molar-refractivity contribution in [2.75, 3.05) is 6.61 Å². The van der Waals surface area contributed by atoms with Gasteiger partial charge in [0, 0.05) is 17.5 Å². The van der Waals surface area contributed by atoms with Crippen molar-refractivity contribution in [1.29, 1.82) is 0 Å². The van der Waals surface area contributed by atoms with E-state index in [-0.39, 0.29) is 12.2 Å². The van der Waals surface area contributed by atoms with E-state index in [0.29, 0.717) is 34.7 Å². The normalized spacial score (nSPS) is 21.8. The van der Waals surface area contributed by atoms with Gasteiger partial charge in [0.25, 0.3) is 0 Å². The molecule has 1 aliphatic heterocycles. The second-order valence-electron chi connectivity index (χ2n) is 8.31. The number of nitrogens with zero attached hydrogens (tertiary/aromatic N) is 2. The van der Waals surface area contributed by atoms with Crippen LogP contribution in [0.4, 0.5) is 0 Å². The quantitative estimate of drug-likeness (QED) is 0.324. The summed E-state index contributed by atoms with van der Waals surface area (Å²) in [5.74, 6) is -0.819. The first-order valence-electron chi connectivity index (χ1n) is 10.8. The molecule has 0 bridgehead atoms. The molecule has 0 saturated carbocycles. The van der Waals surface area contributed by atoms with Crippen LogP contribution in [0.3, 0.4) is 0 Å². The van der Waals surface area contributed by atoms with E-state index in [9.17, 15) is 9.59 Å². The number of aromatic nitrogens is 1. The monoisotopic (exact) mass is 500 g/mol. The minimum atomic E-state index is -1.15. The first-order chi connectivity index (χ1) is 15.9. The SMILES string of the molecule is CCC(C)COc1cccc(C2(c3ccsc3)CC(=O)C(c3ccccc3Cl)C(=O)N2S)n1. The first kappa shape index (κ1) is 23.8. The number of rotatable bonds is 7. The maximum atomic E-state index is 13.6. The van der Waals surface area contributed by atoms with E-state index >= 15 is 0 Å². The summed E-state index contributed by atoms with van der Waals surface area (Å²) in [6.45, 7) is 4.76. The Morgan fingerprint density at radius 3 is 2.73 bits per heavy atom. The van der Waals surface area contributed by atoms with Gasteiger partial charge < -0.3 is 4.74 Å². The maximum Gasteiger partial charge on any atom is 0.248 e. The molecule has 0 aliphatic carbocycles. The minimum absolute atomic E-state index is 0.0245. The van der Waals surface area contributed by atoms with Crippen molar-refractivity contribution in [3.05, 3.63) is 81.1 Å². The predicted octanol–water partition coefficient (Wildman–Crippen LogP) is 5.90. The fraction of sp³-hybridized carbons (Fsp3) is 0.320. The standard InChI is InChI=1S/C25H25ClN2O3S2/c1-3-16(2)14-31-22-10-6-9-21(27-22)25(17-11-12-33-15-17)13-20(29)23(24(30)28(25)32)18-7-4-5-8-19(18)26/h4-12,15-16,23,32H,3,13-14H2,1-2H3. The minimum Gasteiger partial charge on any atom is -0.477 e. The summed E-state index contributed by atoms with van der Waals surface area (Å²) < 4.78 is 7.26. The van der Waals surface area contributed by atoms with Crippen molar-refractivity contribution < 1.29 is 14.3 Å². The van der Waals surface area contributed by atoms with Gasteiger partial charge in [0.2, 0.25) is 11.8 Å². The molecule has 0 radical (unpaired) electrons. The molecular formula is C25H25ClN2O3S2. The average Bonchev–Trinajstić information content (AvgIpc) is 3.36. The van der Waals surface area contributed by atoms with E-state index in [2.05, 4.69) is 26.7 Å². The number of piperidine rings is 1. The highest BCUT2D eigenvalue weighted by atomic mass is 35.5. The van der Waals surface area contributed by atoms with Crippen LogP contribution in [-0.2, 0) is 15.1 Å². The van der Waals surface area contributed by atoms with Crippen LogP contribution in [0.1, 0.15) is 49.4 Å². The fourth-order valence-electron chi connectivity index (χ4n) is 4.04. The molecule has 1 fully saturated rings. The Bertz CT molecular complexity index is 1150. The van der Waals surface area contributed by atoms with Gasteiger partial charge in [-0.3, -0.25) is 13.9 Å². The van der Waals surface area contributed by atoms with E-state index in [1.54, 1.807) is 30.3 Å². The lowest BCUT2D eigenvalue weighted by Crippen LogP contribution is -2.54. The van der Waals surface area contributed by atoms with Gasteiger partial charge in [-0.25, -0.2) is 4.98 Å². The molecule has 1 aliphatic rings. The van der Waals surface area contributed by atoms with Crippen molar-refractivity contribution in [2.24, 2.45) is 5.92 Å². The number of ether oxygens (including phenoxy) is 1. The summed E-state index contributed by atoms with van der Waals surface area (Å²) in [7, 11) is 0. The average molecular weight is 501 g/mol. The molecular weight excluding hydrogens is 476 g/mol. The molecule has 33 heavy (non-hydrogen) atoms. The van der Waals surface area contributed by atoms with Gasteiger partial charge in [-0.15, -0.1) is 0 Å². The Labute approximate surface area is 208 Å². The zero-order valence-corrected chi connectivity index (χ0v) is 20.9. The summed E-state index contributed by atoms with van der Waals surface area (Å²) >= 11 is 12.5. The van der Waals surface area contributed by atoms with Gasteiger partial charge in [0.15, 0.2) is 5.78 Å². The van der Waals surface area contributed by atoms with Gasteiger partial charge in [-0.05, 0) is 46.0 Å². The summed E-state index contributed by atoms with van der Waals surface area (Å²) in [4.78, 5) is 31.9. The van der Waals surface area contributed by atoms with Crippen molar-refractivity contribution in [3.63, 3.8) is 0 Å². The number of carbonyl (C=O) groups is 2. The highest BCUT2D eigenvalue weighted by Gasteiger charge is 2.53. The number of Topliss-reactive ketones (excluding diaryl/α,β-unsaturated/α-hetero) is 1. The van der Waals surface area contributed by atoms with Crippen molar-refractivity contribution in [3.8, 4) is 5.88 Å². The third kappa shape index (κ3) is 4.42. The molecule has 3 heterocycles. The highest BCUT2D eigenvalue weighted by molar-refractivity contribution is 7.78. The molecule has 8 heteroatoms.